The smallest absolute Gasteiger partial charge is 0.258 e. The van der Waals surface area contributed by atoms with Crippen LogP contribution in [0.15, 0.2) is 36.4 Å². The fourth-order valence-electron chi connectivity index (χ4n) is 2.80. The average Bonchev–Trinajstić information content (AvgIpc) is 2.66. The van der Waals surface area contributed by atoms with E-state index in [0.717, 1.165) is 24.1 Å². The van der Waals surface area contributed by atoms with Crippen molar-refractivity contribution in [2.75, 3.05) is 19.8 Å². The lowest BCUT2D eigenvalue weighted by molar-refractivity contribution is -0.124. The molecule has 2 aromatic carbocycles. The van der Waals surface area contributed by atoms with Gasteiger partial charge in [-0.05, 0) is 70.0 Å². The van der Waals surface area contributed by atoms with Crippen molar-refractivity contribution in [2.45, 2.75) is 46.2 Å². The fraction of sp³-hybridized carbons (Fsp3) is 0.435. The molecule has 0 bridgehead atoms. The van der Waals surface area contributed by atoms with Crippen LogP contribution >= 0.6 is 11.6 Å². The highest BCUT2D eigenvalue weighted by Crippen LogP contribution is 2.33. The molecule has 0 saturated heterocycles. The van der Waals surface area contributed by atoms with Gasteiger partial charge in [-0.1, -0.05) is 23.7 Å². The van der Waals surface area contributed by atoms with Crippen molar-refractivity contribution in [3.63, 3.8) is 0 Å². The monoisotopic (exact) mass is 436 g/mol. The third kappa shape index (κ3) is 8.20. The van der Waals surface area contributed by atoms with Crippen molar-refractivity contribution in [1.29, 1.82) is 0 Å². The summed E-state index contributed by atoms with van der Waals surface area (Å²) >= 11 is 6.42. The molecule has 2 aromatic rings. The zero-order valence-corrected chi connectivity index (χ0v) is 18.7. The summed E-state index contributed by atoms with van der Waals surface area (Å²) < 4.78 is 24.3. The number of benzene rings is 2. The van der Waals surface area contributed by atoms with E-state index in [9.17, 15) is 9.18 Å². The highest BCUT2D eigenvalue weighted by atomic mass is 35.5. The number of amides is 1. The maximum Gasteiger partial charge on any atom is 0.258 e. The highest BCUT2D eigenvalue weighted by molar-refractivity contribution is 6.31. The van der Waals surface area contributed by atoms with Crippen LogP contribution in [0, 0.1) is 5.82 Å². The normalized spacial score (nSPS) is 11.3. The van der Waals surface area contributed by atoms with Crippen LogP contribution in [0.3, 0.4) is 0 Å². The van der Waals surface area contributed by atoms with Gasteiger partial charge in [0, 0.05) is 23.2 Å². The first-order valence-electron chi connectivity index (χ1n) is 10.0. The highest BCUT2D eigenvalue weighted by Gasteiger charge is 2.16. The van der Waals surface area contributed by atoms with E-state index in [1.807, 2.05) is 33.8 Å². The van der Waals surface area contributed by atoms with Crippen molar-refractivity contribution in [3.8, 4) is 11.5 Å². The molecular weight excluding hydrogens is 407 g/mol. The summed E-state index contributed by atoms with van der Waals surface area (Å²) in [6.07, 6.45) is 0.778. The number of hydrogen-bond donors (Lipinski definition) is 2. The Morgan fingerprint density at radius 1 is 1.10 bits per heavy atom. The second-order valence-electron chi connectivity index (χ2n) is 7.96. The molecule has 0 atom stereocenters. The van der Waals surface area contributed by atoms with Crippen LogP contribution in [0.2, 0.25) is 5.02 Å². The lowest BCUT2D eigenvalue weighted by Crippen LogP contribution is -2.43. The molecule has 0 aromatic heterocycles. The van der Waals surface area contributed by atoms with Crippen molar-refractivity contribution >= 4 is 17.5 Å². The maximum absolute atomic E-state index is 13.0. The Kier molecular flexibility index (Phi) is 8.93. The number of nitrogens with one attached hydrogen (secondary N) is 2. The Morgan fingerprint density at radius 2 is 1.77 bits per heavy atom. The largest absolute Gasteiger partial charge is 0.490 e. The van der Waals surface area contributed by atoms with E-state index >= 15 is 0 Å². The summed E-state index contributed by atoms with van der Waals surface area (Å²) in [5, 5.41) is 6.71. The van der Waals surface area contributed by atoms with E-state index in [1.54, 1.807) is 18.2 Å². The van der Waals surface area contributed by atoms with Crippen LogP contribution in [-0.2, 0) is 17.8 Å². The third-order valence-corrected chi connectivity index (χ3v) is 4.46. The minimum absolute atomic E-state index is 0.122. The number of hydrogen-bond acceptors (Lipinski definition) is 4. The summed E-state index contributed by atoms with van der Waals surface area (Å²) in [4.78, 5) is 12.0. The van der Waals surface area contributed by atoms with E-state index in [1.165, 1.54) is 12.1 Å². The molecule has 0 aliphatic heterocycles. The summed E-state index contributed by atoms with van der Waals surface area (Å²) in [5.41, 5.74) is 1.59. The van der Waals surface area contributed by atoms with Crippen LogP contribution in [0.1, 0.15) is 38.8 Å². The summed E-state index contributed by atoms with van der Waals surface area (Å²) in [6.45, 7) is 9.21. The molecule has 0 unspecified atom stereocenters. The van der Waals surface area contributed by atoms with Gasteiger partial charge < -0.3 is 20.1 Å². The third-order valence-electron chi connectivity index (χ3n) is 4.10. The van der Waals surface area contributed by atoms with Crippen molar-refractivity contribution < 1.29 is 18.7 Å². The van der Waals surface area contributed by atoms with Gasteiger partial charge in [0.25, 0.3) is 5.91 Å². The summed E-state index contributed by atoms with van der Waals surface area (Å²) in [7, 11) is 0. The lowest BCUT2D eigenvalue weighted by Gasteiger charge is -2.21. The van der Waals surface area contributed by atoms with Gasteiger partial charge in [0.2, 0.25) is 0 Å². The Labute approximate surface area is 182 Å². The Bertz CT molecular complexity index is 836. The van der Waals surface area contributed by atoms with E-state index in [2.05, 4.69) is 10.6 Å². The number of carbonyl (C=O) groups excluding carboxylic acids is 1. The fourth-order valence-corrected chi connectivity index (χ4v) is 3.02. The van der Waals surface area contributed by atoms with E-state index < -0.39 is 0 Å². The molecule has 0 fully saturated rings. The first-order valence-corrected chi connectivity index (χ1v) is 10.4. The number of halogens is 2. The maximum atomic E-state index is 13.0. The molecule has 2 rings (SSSR count). The van der Waals surface area contributed by atoms with Crippen molar-refractivity contribution in [3.05, 3.63) is 58.4 Å². The molecule has 0 heterocycles. The van der Waals surface area contributed by atoms with Crippen LogP contribution in [0.5, 0.6) is 11.5 Å². The molecule has 0 aliphatic carbocycles. The van der Waals surface area contributed by atoms with E-state index in [-0.39, 0.29) is 23.9 Å². The van der Waals surface area contributed by atoms with Gasteiger partial charge in [0.15, 0.2) is 18.1 Å². The number of rotatable bonds is 10. The standard InChI is InChI=1S/C23H30ClFN2O3/c1-5-29-20-12-17(14-26-11-10-16-6-8-18(25)9-7-16)19(24)13-21(20)30-15-22(28)27-23(2,3)4/h6-9,12-13,26H,5,10-11,14-15H2,1-4H3,(H,27,28). The molecule has 2 N–H and O–H groups in total. The minimum atomic E-state index is -0.329. The van der Waals surface area contributed by atoms with Crippen LogP contribution < -0.4 is 20.1 Å². The average molecular weight is 437 g/mol. The SMILES string of the molecule is CCOc1cc(CNCCc2ccc(F)cc2)c(Cl)cc1OCC(=O)NC(C)(C)C. The molecule has 30 heavy (non-hydrogen) atoms. The Hall–Kier alpha value is -2.31. The topological polar surface area (TPSA) is 59.6 Å². The number of ether oxygens (including phenoxy) is 2. The van der Waals surface area contributed by atoms with Crippen molar-refractivity contribution in [1.82, 2.24) is 10.6 Å². The first kappa shape index (κ1) is 24.0. The minimum Gasteiger partial charge on any atom is -0.490 e. The van der Waals surface area contributed by atoms with Crippen molar-refractivity contribution in [2.24, 2.45) is 0 Å². The van der Waals surface area contributed by atoms with Gasteiger partial charge in [0.05, 0.1) is 6.61 Å². The Balaban J connectivity index is 1.95. The van der Waals surface area contributed by atoms with Gasteiger partial charge in [-0.15, -0.1) is 0 Å². The molecule has 5 nitrogen and oxygen atoms in total. The Morgan fingerprint density at radius 3 is 2.40 bits per heavy atom. The van der Waals surface area contributed by atoms with Crippen LogP contribution in [-0.4, -0.2) is 31.2 Å². The van der Waals surface area contributed by atoms with Crippen LogP contribution in [0.25, 0.3) is 0 Å². The predicted molar refractivity (Wildman–Crippen MR) is 118 cm³/mol. The first-order chi connectivity index (χ1) is 14.2. The zero-order valence-electron chi connectivity index (χ0n) is 18.0. The second-order valence-corrected chi connectivity index (χ2v) is 8.37. The molecule has 164 valence electrons. The van der Waals surface area contributed by atoms with E-state index in [0.29, 0.717) is 29.7 Å². The van der Waals surface area contributed by atoms with Crippen LogP contribution in [0.4, 0.5) is 4.39 Å². The predicted octanol–water partition coefficient (Wildman–Crippen LogP) is 4.50. The summed E-state index contributed by atoms with van der Waals surface area (Å²) in [6, 6.07) is 9.97. The molecule has 0 radical (unpaired) electrons. The zero-order chi connectivity index (χ0) is 22.1. The van der Waals surface area contributed by atoms with E-state index in [4.69, 9.17) is 21.1 Å². The molecule has 1 amide bonds. The lowest BCUT2D eigenvalue weighted by atomic mass is 10.1. The van der Waals surface area contributed by atoms with Gasteiger partial charge >= 0.3 is 0 Å². The molecule has 0 saturated carbocycles. The summed E-state index contributed by atoms with van der Waals surface area (Å²) in [5.74, 6) is 0.523. The van der Waals surface area contributed by atoms with Gasteiger partial charge in [-0.2, -0.15) is 0 Å². The van der Waals surface area contributed by atoms with Gasteiger partial charge in [-0.25, -0.2) is 4.39 Å². The van der Waals surface area contributed by atoms with Gasteiger partial charge in [-0.3, -0.25) is 4.79 Å². The van der Waals surface area contributed by atoms with Gasteiger partial charge in [0.1, 0.15) is 5.82 Å². The molecule has 0 aliphatic rings. The quantitative estimate of drug-likeness (QED) is 0.538. The second kappa shape index (κ2) is 11.2. The molecule has 7 heteroatoms. The number of carbonyl (C=O) groups is 1. The molecular formula is C23H30ClFN2O3. The molecule has 0 spiro atoms.